The predicted molar refractivity (Wildman–Crippen MR) is 67.3 cm³/mol. The quantitative estimate of drug-likeness (QED) is 0.796. The SMILES string of the molecule is C(NC1CC1)c1nnc(N(CC2CC2)C2CC2)o1. The summed E-state index contributed by atoms with van der Waals surface area (Å²) >= 11 is 0. The summed E-state index contributed by atoms with van der Waals surface area (Å²) in [6.45, 7) is 1.84. The zero-order valence-electron chi connectivity index (χ0n) is 10.6. The van der Waals surface area contributed by atoms with Crippen LogP contribution in [0.2, 0.25) is 0 Å². The van der Waals surface area contributed by atoms with Crippen molar-refractivity contribution in [3.8, 4) is 0 Å². The number of hydrogen-bond acceptors (Lipinski definition) is 5. The third-order valence-electron chi connectivity index (χ3n) is 3.96. The number of hydrogen-bond donors (Lipinski definition) is 1. The van der Waals surface area contributed by atoms with Gasteiger partial charge in [-0.2, -0.15) is 0 Å². The van der Waals surface area contributed by atoms with Crippen LogP contribution in [0.4, 0.5) is 6.01 Å². The van der Waals surface area contributed by atoms with Crippen LogP contribution in [-0.4, -0.2) is 28.8 Å². The van der Waals surface area contributed by atoms with E-state index in [0.717, 1.165) is 30.9 Å². The maximum Gasteiger partial charge on any atom is 0.318 e. The van der Waals surface area contributed by atoms with Gasteiger partial charge in [0.25, 0.3) is 0 Å². The summed E-state index contributed by atoms with van der Waals surface area (Å²) in [6, 6.07) is 2.10. The maximum absolute atomic E-state index is 5.80. The number of aromatic nitrogens is 2. The Balaban J connectivity index is 1.40. The van der Waals surface area contributed by atoms with Crippen LogP contribution in [0.15, 0.2) is 4.42 Å². The van der Waals surface area contributed by atoms with E-state index in [0.29, 0.717) is 12.1 Å². The van der Waals surface area contributed by atoms with Gasteiger partial charge in [-0.15, -0.1) is 5.10 Å². The fraction of sp³-hybridized carbons (Fsp3) is 0.846. The first kappa shape index (κ1) is 10.8. The third kappa shape index (κ3) is 2.51. The van der Waals surface area contributed by atoms with Gasteiger partial charge in [0, 0.05) is 18.6 Å². The van der Waals surface area contributed by atoms with Crippen molar-refractivity contribution in [2.24, 2.45) is 5.92 Å². The molecule has 3 aliphatic rings. The van der Waals surface area contributed by atoms with E-state index in [9.17, 15) is 0 Å². The van der Waals surface area contributed by atoms with Crippen LogP contribution in [0.5, 0.6) is 0 Å². The van der Waals surface area contributed by atoms with Crippen molar-refractivity contribution in [3.05, 3.63) is 5.89 Å². The summed E-state index contributed by atoms with van der Waals surface area (Å²) in [6.07, 6.45) is 7.88. The van der Waals surface area contributed by atoms with E-state index < -0.39 is 0 Å². The molecule has 5 nitrogen and oxygen atoms in total. The minimum Gasteiger partial charge on any atom is -0.407 e. The van der Waals surface area contributed by atoms with Gasteiger partial charge in [0.1, 0.15) is 0 Å². The zero-order chi connectivity index (χ0) is 11.9. The maximum atomic E-state index is 5.80. The average molecular weight is 248 g/mol. The Morgan fingerprint density at radius 3 is 2.61 bits per heavy atom. The predicted octanol–water partition coefficient (Wildman–Crippen LogP) is 1.70. The fourth-order valence-electron chi connectivity index (χ4n) is 2.30. The third-order valence-corrected chi connectivity index (χ3v) is 3.96. The summed E-state index contributed by atoms with van der Waals surface area (Å²) in [4.78, 5) is 2.34. The van der Waals surface area contributed by atoms with Gasteiger partial charge < -0.3 is 14.6 Å². The van der Waals surface area contributed by atoms with Gasteiger partial charge >= 0.3 is 6.01 Å². The normalized spacial score (nSPS) is 23.3. The van der Waals surface area contributed by atoms with Gasteiger partial charge in [-0.05, 0) is 44.4 Å². The van der Waals surface area contributed by atoms with E-state index in [1.807, 2.05) is 0 Å². The second kappa shape index (κ2) is 4.23. The fourth-order valence-corrected chi connectivity index (χ4v) is 2.30. The van der Waals surface area contributed by atoms with Gasteiger partial charge in [-0.3, -0.25) is 0 Å². The van der Waals surface area contributed by atoms with Crippen molar-refractivity contribution in [1.82, 2.24) is 15.5 Å². The zero-order valence-corrected chi connectivity index (χ0v) is 10.6. The summed E-state index contributed by atoms with van der Waals surface area (Å²) in [5, 5.41) is 11.8. The highest BCUT2D eigenvalue weighted by atomic mass is 16.4. The monoisotopic (exact) mass is 248 g/mol. The molecule has 0 bridgehead atoms. The molecule has 0 unspecified atom stereocenters. The molecule has 0 spiro atoms. The highest BCUT2D eigenvalue weighted by molar-refractivity contribution is 5.30. The molecule has 0 atom stereocenters. The molecule has 4 rings (SSSR count). The van der Waals surface area contributed by atoms with Crippen molar-refractivity contribution in [2.75, 3.05) is 11.4 Å². The molecule has 0 radical (unpaired) electrons. The van der Waals surface area contributed by atoms with Gasteiger partial charge in [0.05, 0.1) is 6.54 Å². The molecule has 3 fully saturated rings. The van der Waals surface area contributed by atoms with E-state index in [1.54, 1.807) is 0 Å². The lowest BCUT2D eigenvalue weighted by atomic mass is 10.4. The summed E-state index contributed by atoms with van der Waals surface area (Å²) in [5.74, 6) is 1.60. The second-order valence-electron chi connectivity index (χ2n) is 5.96. The van der Waals surface area contributed by atoms with Gasteiger partial charge in [-0.1, -0.05) is 5.10 Å². The van der Waals surface area contributed by atoms with Crippen LogP contribution in [0.3, 0.4) is 0 Å². The molecule has 18 heavy (non-hydrogen) atoms. The Kier molecular flexibility index (Phi) is 2.53. The van der Waals surface area contributed by atoms with Crippen molar-refractivity contribution >= 4 is 6.01 Å². The van der Waals surface area contributed by atoms with Crippen LogP contribution in [0.1, 0.15) is 44.4 Å². The molecule has 5 heteroatoms. The number of anilines is 1. The molecule has 0 amide bonds. The van der Waals surface area contributed by atoms with E-state index in [-0.39, 0.29) is 0 Å². The van der Waals surface area contributed by atoms with Crippen molar-refractivity contribution < 1.29 is 4.42 Å². The lowest BCUT2D eigenvalue weighted by Crippen LogP contribution is -2.28. The van der Waals surface area contributed by atoms with Crippen LogP contribution in [0, 0.1) is 5.92 Å². The molecule has 3 saturated carbocycles. The lowest BCUT2D eigenvalue weighted by Gasteiger charge is -2.18. The summed E-state index contributed by atoms with van der Waals surface area (Å²) < 4.78 is 5.80. The summed E-state index contributed by atoms with van der Waals surface area (Å²) in [7, 11) is 0. The Morgan fingerprint density at radius 1 is 1.11 bits per heavy atom. The van der Waals surface area contributed by atoms with Crippen LogP contribution in [-0.2, 0) is 6.54 Å². The molecule has 1 aromatic heterocycles. The summed E-state index contributed by atoms with van der Waals surface area (Å²) in [5.41, 5.74) is 0. The molecule has 0 saturated heterocycles. The Hall–Kier alpha value is -1.10. The van der Waals surface area contributed by atoms with Gasteiger partial charge in [-0.25, -0.2) is 0 Å². The molecule has 0 aliphatic heterocycles. The largest absolute Gasteiger partial charge is 0.407 e. The molecule has 98 valence electrons. The standard InChI is InChI=1S/C13H20N4O/c1-2-9(1)8-17(11-5-6-11)13-16-15-12(18-13)7-14-10-3-4-10/h9-11,14H,1-8H2. The van der Waals surface area contributed by atoms with E-state index in [1.165, 1.54) is 38.5 Å². The van der Waals surface area contributed by atoms with Gasteiger partial charge in [0.2, 0.25) is 5.89 Å². The minimum absolute atomic E-state index is 0.662. The van der Waals surface area contributed by atoms with E-state index in [4.69, 9.17) is 4.42 Å². The first-order chi connectivity index (χ1) is 8.88. The van der Waals surface area contributed by atoms with Crippen molar-refractivity contribution in [2.45, 2.75) is 57.2 Å². The average Bonchev–Trinajstić information content (AvgIpc) is 3.21. The van der Waals surface area contributed by atoms with Crippen LogP contribution in [0.25, 0.3) is 0 Å². The van der Waals surface area contributed by atoms with Crippen LogP contribution >= 0.6 is 0 Å². The molecule has 1 heterocycles. The van der Waals surface area contributed by atoms with Crippen LogP contribution < -0.4 is 10.2 Å². The molecule has 1 N–H and O–H groups in total. The Morgan fingerprint density at radius 2 is 1.94 bits per heavy atom. The Bertz CT molecular complexity index is 420. The van der Waals surface area contributed by atoms with Gasteiger partial charge in [0.15, 0.2) is 0 Å². The molecule has 1 aromatic rings. The lowest BCUT2D eigenvalue weighted by molar-refractivity contribution is 0.456. The smallest absolute Gasteiger partial charge is 0.318 e. The number of nitrogens with zero attached hydrogens (tertiary/aromatic N) is 3. The molecular formula is C13H20N4O. The molecule has 3 aliphatic carbocycles. The van der Waals surface area contributed by atoms with E-state index in [2.05, 4.69) is 20.4 Å². The second-order valence-corrected chi connectivity index (χ2v) is 5.96. The highest BCUT2D eigenvalue weighted by Crippen LogP contribution is 2.37. The highest BCUT2D eigenvalue weighted by Gasteiger charge is 2.36. The first-order valence-corrected chi connectivity index (χ1v) is 7.21. The van der Waals surface area contributed by atoms with E-state index >= 15 is 0 Å². The number of rotatable bonds is 7. The minimum atomic E-state index is 0.662. The number of nitrogens with one attached hydrogen (secondary N) is 1. The first-order valence-electron chi connectivity index (χ1n) is 7.21. The van der Waals surface area contributed by atoms with Crippen molar-refractivity contribution in [1.29, 1.82) is 0 Å². The topological polar surface area (TPSA) is 54.2 Å². The molecule has 0 aromatic carbocycles. The Labute approximate surface area is 107 Å². The van der Waals surface area contributed by atoms with Crippen molar-refractivity contribution in [3.63, 3.8) is 0 Å². The molecular weight excluding hydrogens is 228 g/mol.